The molecule has 1 N–H and O–H groups in total. The van der Waals surface area contributed by atoms with Gasteiger partial charge in [0.05, 0.1) is 10.6 Å². The molecular weight excluding hydrogens is 602 g/mol. The summed E-state index contributed by atoms with van der Waals surface area (Å²) in [7, 11) is -4.13. The maximum absolute atomic E-state index is 14.0. The molecule has 0 unspecified atom stereocenters. The Kier molecular flexibility index (Phi) is 10.6. The Morgan fingerprint density at radius 1 is 1.00 bits per heavy atom. The number of rotatable bonds is 11. The van der Waals surface area contributed by atoms with Gasteiger partial charge in [0.1, 0.15) is 12.6 Å². The minimum atomic E-state index is -4.13. The van der Waals surface area contributed by atoms with Crippen LogP contribution in [0.25, 0.3) is 0 Å². The average Bonchev–Trinajstić information content (AvgIpc) is 2.87. The molecule has 208 valence electrons. The highest BCUT2D eigenvalue weighted by Gasteiger charge is 2.34. The summed E-state index contributed by atoms with van der Waals surface area (Å²) < 4.78 is 29.5. The van der Waals surface area contributed by atoms with Crippen LogP contribution in [-0.4, -0.2) is 43.8 Å². The van der Waals surface area contributed by atoms with Crippen molar-refractivity contribution in [2.75, 3.05) is 10.8 Å². The Morgan fingerprint density at radius 3 is 2.26 bits per heavy atom. The zero-order valence-corrected chi connectivity index (χ0v) is 25.6. The maximum Gasteiger partial charge on any atom is 0.264 e. The molecule has 0 radical (unpaired) electrons. The molecule has 7 nitrogen and oxygen atoms in total. The van der Waals surface area contributed by atoms with Crippen LogP contribution in [0.1, 0.15) is 38.3 Å². The van der Waals surface area contributed by atoms with Crippen molar-refractivity contribution in [3.63, 3.8) is 0 Å². The third-order valence-electron chi connectivity index (χ3n) is 6.10. The number of sulfonamides is 1. The number of halogens is 2. The summed E-state index contributed by atoms with van der Waals surface area (Å²) >= 11 is 9.82. The van der Waals surface area contributed by atoms with Gasteiger partial charge in [-0.3, -0.25) is 13.9 Å². The summed E-state index contributed by atoms with van der Waals surface area (Å²) in [6, 6.07) is 19.3. The van der Waals surface area contributed by atoms with Crippen LogP contribution in [-0.2, 0) is 26.2 Å². The quantitative estimate of drug-likeness (QED) is 0.283. The van der Waals surface area contributed by atoms with Gasteiger partial charge in [-0.15, -0.1) is 0 Å². The molecule has 3 rings (SSSR count). The standard InChI is InChI=1S/C29H33BrClN3O4S/c1-5-27(29(36)32-20(2)3)33(18-22-9-6-7-12-26(22)31)28(35)19-34(24-11-8-10-23(30)17-24)39(37,38)25-15-13-21(4)14-16-25/h6-17,20,27H,5,18-19H2,1-4H3,(H,32,36)/t27-/m1/s1. The lowest BCUT2D eigenvalue weighted by atomic mass is 10.1. The van der Waals surface area contributed by atoms with Crippen molar-refractivity contribution in [2.45, 2.75) is 57.6 Å². The van der Waals surface area contributed by atoms with Crippen LogP contribution in [0.2, 0.25) is 5.02 Å². The largest absolute Gasteiger partial charge is 0.352 e. The van der Waals surface area contributed by atoms with E-state index in [1.54, 1.807) is 60.7 Å². The van der Waals surface area contributed by atoms with E-state index in [1.165, 1.54) is 17.0 Å². The van der Waals surface area contributed by atoms with E-state index < -0.39 is 28.5 Å². The van der Waals surface area contributed by atoms with Gasteiger partial charge in [0.2, 0.25) is 11.8 Å². The molecule has 0 aliphatic rings. The van der Waals surface area contributed by atoms with Crippen molar-refractivity contribution in [2.24, 2.45) is 0 Å². The first kappa shape index (κ1) is 30.7. The summed E-state index contributed by atoms with van der Waals surface area (Å²) in [5, 5.41) is 3.33. The molecule has 10 heteroatoms. The zero-order chi connectivity index (χ0) is 28.7. The summed E-state index contributed by atoms with van der Waals surface area (Å²) in [6.45, 7) is 6.89. The normalized spacial score (nSPS) is 12.2. The molecule has 0 aromatic heterocycles. The SMILES string of the molecule is CC[C@H](C(=O)NC(C)C)N(Cc1ccccc1Cl)C(=O)CN(c1cccc(Br)c1)S(=O)(=O)c1ccc(C)cc1. The highest BCUT2D eigenvalue weighted by Crippen LogP contribution is 2.28. The molecule has 0 aliphatic heterocycles. The summed E-state index contributed by atoms with van der Waals surface area (Å²) in [5.41, 5.74) is 1.88. The molecule has 3 aromatic rings. The van der Waals surface area contributed by atoms with Gasteiger partial charge in [-0.2, -0.15) is 0 Å². The molecule has 0 aliphatic carbocycles. The Morgan fingerprint density at radius 2 is 1.67 bits per heavy atom. The zero-order valence-electron chi connectivity index (χ0n) is 22.4. The van der Waals surface area contributed by atoms with Crippen molar-refractivity contribution in [3.05, 3.63) is 93.4 Å². The van der Waals surface area contributed by atoms with E-state index >= 15 is 0 Å². The van der Waals surface area contributed by atoms with E-state index in [0.29, 0.717) is 27.2 Å². The fraction of sp³-hybridized carbons (Fsp3) is 0.310. The number of nitrogens with one attached hydrogen (secondary N) is 1. The molecular formula is C29H33BrClN3O4S. The molecule has 0 fully saturated rings. The topological polar surface area (TPSA) is 86.8 Å². The Labute approximate surface area is 244 Å². The second-order valence-corrected chi connectivity index (χ2v) is 12.7. The fourth-order valence-corrected chi connectivity index (χ4v) is 6.10. The van der Waals surface area contributed by atoms with Gasteiger partial charge in [-0.1, -0.05) is 76.4 Å². The molecule has 1 atom stereocenters. The van der Waals surface area contributed by atoms with E-state index in [2.05, 4.69) is 21.2 Å². The van der Waals surface area contributed by atoms with Crippen molar-refractivity contribution in [1.29, 1.82) is 0 Å². The van der Waals surface area contributed by atoms with E-state index in [4.69, 9.17) is 11.6 Å². The lowest BCUT2D eigenvalue weighted by Crippen LogP contribution is -2.53. The molecule has 3 aromatic carbocycles. The monoisotopic (exact) mass is 633 g/mol. The fourth-order valence-electron chi connectivity index (χ4n) is 4.11. The number of nitrogens with zero attached hydrogens (tertiary/aromatic N) is 2. The third kappa shape index (κ3) is 7.84. The van der Waals surface area contributed by atoms with Crippen LogP contribution in [0, 0.1) is 6.92 Å². The molecule has 39 heavy (non-hydrogen) atoms. The first-order valence-electron chi connectivity index (χ1n) is 12.6. The minimum absolute atomic E-state index is 0.0411. The lowest BCUT2D eigenvalue weighted by Gasteiger charge is -2.33. The Balaban J connectivity index is 2.08. The molecule has 0 saturated carbocycles. The first-order chi connectivity index (χ1) is 18.4. The predicted octanol–water partition coefficient (Wildman–Crippen LogP) is 5.94. The van der Waals surface area contributed by atoms with E-state index in [-0.39, 0.29) is 23.4 Å². The van der Waals surface area contributed by atoms with Crippen LogP contribution in [0.4, 0.5) is 5.69 Å². The van der Waals surface area contributed by atoms with Crippen molar-refractivity contribution >= 4 is 55.1 Å². The number of amides is 2. The highest BCUT2D eigenvalue weighted by atomic mass is 79.9. The van der Waals surface area contributed by atoms with E-state index in [9.17, 15) is 18.0 Å². The van der Waals surface area contributed by atoms with Crippen molar-refractivity contribution in [1.82, 2.24) is 10.2 Å². The van der Waals surface area contributed by atoms with Crippen LogP contribution in [0.3, 0.4) is 0 Å². The van der Waals surface area contributed by atoms with E-state index in [0.717, 1.165) is 9.87 Å². The number of carbonyl (C=O) groups excluding carboxylic acids is 2. The molecule has 0 bridgehead atoms. The van der Waals surface area contributed by atoms with Gasteiger partial charge in [0.15, 0.2) is 0 Å². The highest BCUT2D eigenvalue weighted by molar-refractivity contribution is 9.10. The number of hydrogen-bond donors (Lipinski definition) is 1. The second-order valence-electron chi connectivity index (χ2n) is 9.50. The van der Waals surface area contributed by atoms with Gasteiger partial charge >= 0.3 is 0 Å². The van der Waals surface area contributed by atoms with Crippen LogP contribution < -0.4 is 9.62 Å². The summed E-state index contributed by atoms with van der Waals surface area (Å²) in [6.07, 6.45) is 0.330. The Bertz CT molecular complexity index is 1410. The van der Waals surface area contributed by atoms with Gasteiger partial charge < -0.3 is 10.2 Å². The van der Waals surface area contributed by atoms with Crippen molar-refractivity contribution < 1.29 is 18.0 Å². The molecule has 2 amide bonds. The molecule has 0 heterocycles. The Hall–Kier alpha value is -2.88. The van der Waals surface area contributed by atoms with Gasteiger partial charge in [-0.25, -0.2) is 8.42 Å². The number of benzene rings is 3. The average molecular weight is 635 g/mol. The number of carbonyl (C=O) groups is 2. The third-order valence-corrected chi connectivity index (χ3v) is 8.75. The van der Waals surface area contributed by atoms with Crippen LogP contribution >= 0.6 is 27.5 Å². The molecule has 0 saturated heterocycles. The van der Waals surface area contributed by atoms with Crippen LogP contribution in [0.5, 0.6) is 0 Å². The summed E-state index contributed by atoms with van der Waals surface area (Å²) in [5.74, 6) is -0.848. The minimum Gasteiger partial charge on any atom is -0.352 e. The predicted molar refractivity (Wildman–Crippen MR) is 159 cm³/mol. The van der Waals surface area contributed by atoms with Gasteiger partial charge in [0, 0.05) is 22.1 Å². The van der Waals surface area contributed by atoms with E-state index in [1.807, 2.05) is 27.7 Å². The van der Waals surface area contributed by atoms with Crippen LogP contribution in [0.15, 0.2) is 82.2 Å². The second kappa shape index (κ2) is 13.5. The van der Waals surface area contributed by atoms with Gasteiger partial charge in [-0.05, 0) is 69.2 Å². The lowest BCUT2D eigenvalue weighted by molar-refractivity contribution is -0.140. The number of anilines is 1. The number of hydrogen-bond acceptors (Lipinski definition) is 4. The summed E-state index contributed by atoms with van der Waals surface area (Å²) in [4.78, 5) is 28.7. The maximum atomic E-state index is 14.0. The van der Waals surface area contributed by atoms with Gasteiger partial charge in [0.25, 0.3) is 10.0 Å². The first-order valence-corrected chi connectivity index (χ1v) is 15.2. The molecule has 0 spiro atoms. The number of aryl methyl sites for hydroxylation is 1. The smallest absolute Gasteiger partial charge is 0.264 e. The van der Waals surface area contributed by atoms with Crippen molar-refractivity contribution in [3.8, 4) is 0 Å².